The van der Waals surface area contributed by atoms with Gasteiger partial charge in [-0.15, -0.1) is 5.10 Å². The summed E-state index contributed by atoms with van der Waals surface area (Å²) in [6, 6.07) is 5.52. The van der Waals surface area contributed by atoms with Gasteiger partial charge in [0.25, 0.3) is 10.1 Å². The SMILES string of the molecule is CC(=O)OC[C@H]1O[C@@H](Oc2n[nH]c(C(C)C)c2Cc2ccc(OCCCOS(C)(=O)=O)cc2C)[C@H](OC(C)=O)[C@@H](OC(C)=O)[C@H]1OC(C)=O. The van der Waals surface area contributed by atoms with Crippen LogP contribution in [0.2, 0.25) is 0 Å². The summed E-state index contributed by atoms with van der Waals surface area (Å²) in [5.74, 6) is -2.24. The zero-order chi connectivity index (χ0) is 36.5. The fourth-order valence-electron chi connectivity index (χ4n) is 5.11. The molecule has 1 N–H and O–H groups in total. The van der Waals surface area contributed by atoms with Crippen LogP contribution in [0, 0.1) is 6.92 Å². The summed E-state index contributed by atoms with van der Waals surface area (Å²) < 4.78 is 66.8. The number of hydrogen-bond donors (Lipinski definition) is 1. The molecule has 3 rings (SSSR count). The van der Waals surface area contributed by atoms with Crippen LogP contribution in [0.5, 0.6) is 11.6 Å². The molecule has 0 bridgehead atoms. The molecule has 5 atom stereocenters. The molecule has 0 aliphatic carbocycles. The molecular formula is C32H44N2O14S. The van der Waals surface area contributed by atoms with Gasteiger partial charge in [-0.3, -0.25) is 28.5 Å². The molecule has 0 saturated carbocycles. The molecule has 2 aromatic rings. The Balaban J connectivity index is 1.93. The topological polar surface area (TPSA) is 205 Å². The summed E-state index contributed by atoms with van der Waals surface area (Å²) in [5.41, 5.74) is 3.21. The summed E-state index contributed by atoms with van der Waals surface area (Å²) in [4.78, 5) is 48.2. The van der Waals surface area contributed by atoms with Gasteiger partial charge in [-0.25, -0.2) is 0 Å². The Morgan fingerprint density at radius 3 is 2.12 bits per heavy atom. The first kappa shape index (κ1) is 39.2. The van der Waals surface area contributed by atoms with Crippen molar-refractivity contribution in [3.8, 4) is 11.6 Å². The number of H-pyrrole nitrogens is 1. The largest absolute Gasteiger partial charge is 0.493 e. The number of esters is 4. The monoisotopic (exact) mass is 712 g/mol. The minimum atomic E-state index is -3.52. The molecular weight excluding hydrogens is 668 g/mol. The van der Waals surface area contributed by atoms with Crippen LogP contribution in [0.1, 0.15) is 76.3 Å². The molecule has 17 heteroatoms. The molecule has 49 heavy (non-hydrogen) atoms. The predicted octanol–water partition coefficient (Wildman–Crippen LogP) is 2.64. The third kappa shape index (κ3) is 12.0. The van der Waals surface area contributed by atoms with Crippen LogP contribution in [0.3, 0.4) is 0 Å². The van der Waals surface area contributed by atoms with Crippen molar-refractivity contribution in [2.24, 2.45) is 0 Å². The Morgan fingerprint density at radius 2 is 1.55 bits per heavy atom. The minimum absolute atomic E-state index is 0.0106. The smallest absolute Gasteiger partial charge is 0.303 e. The molecule has 16 nitrogen and oxygen atoms in total. The highest BCUT2D eigenvalue weighted by Crippen LogP contribution is 2.34. The molecule has 0 spiro atoms. The van der Waals surface area contributed by atoms with E-state index in [4.69, 9.17) is 37.3 Å². The zero-order valence-electron chi connectivity index (χ0n) is 28.8. The van der Waals surface area contributed by atoms with Crippen LogP contribution >= 0.6 is 0 Å². The van der Waals surface area contributed by atoms with Gasteiger partial charge in [0.1, 0.15) is 18.5 Å². The molecule has 1 aliphatic rings. The third-order valence-electron chi connectivity index (χ3n) is 7.15. The van der Waals surface area contributed by atoms with Crippen LogP contribution in [0.25, 0.3) is 0 Å². The van der Waals surface area contributed by atoms with E-state index in [1.165, 1.54) is 6.92 Å². The molecule has 0 amide bonds. The van der Waals surface area contributed by atoms with Gasteiger partial charge in [-0.1, -0.05) is 19.9 Å². The Morgan fingerprint density at radius 1 is 0.918 bits per heavy atom. The third-order valence-corrected chi connectivity index (χ3v) is 7.75. The molecule has 1 saturated heterocycles. The first-order valence-corrected chi connectivity index (χ1v) is 17.4. The lowest BCUT2D eigenvalue weighted by molar-refractivity contribution is -0.289. The zero-order valence-corrected chi connectivity index (χ0v) is 29.6. The Hall–Kier alpha value is -4.22. The van der Waals surface area contributed by atoms with Gasteiger partial charge in [0.15, 0.2) is 12.2 Å². The second-order valence-corrected chi connectivity index (χ2v) is 13.4. The van der Waals surface area contributed by atoms with Gasteiger partial charge in [0, 0.05) is 51.8 Å². The van der Waals surface area contributed by atoms with Crippen LogP contribution in [-0.2, 0) is 63.6 Å². The standard InChI is InChI=1S/C32H44N2O14S/c1-17(2)27-25(15-23-10-11-24(14-18(23)3)41-12-9-13-43-49(8,39)40)31(34-33-27)48-32-30(46-22(7)38)29(45-21(6)37)28(44-20(5)36)26(47-32)16-42-19(4)35/h10-11,14,17,26,28-30,32H,9,12-13,15-16H2,1-8H3,(H,33,34)/t26-,28+,29+,30-,32+/m1/s1. The highest BCUT2D eigenvalue weighted by Gasteiger charge is 2.53. The normalized spacial score (nSPS) is 20.7. The number of benzene rings is 1. The molecule has 272 valence electrons. The van der Waals surface area contributed by atoms with E-state index in [0.29, 0.717) is 24.2 Å². The number of aryl methyl sites for hydroxylation is 1. The average Bonchev–Trinajstić information content (AvgIpc) is 3.37. The number of ether oxygens (including phenoxy) is 7. The highest BCUT2D eigenvalue weighted by molar-refractivity contribution is 7.85. The van der Waals surface area contributed by atoms with Crippen molar-refractivity contribution in [1.29, 1.82) is 0 Å². The second kappa shape index (κ2) is 17.4. The van der Waals surface area contributed by atoms with E-state index in [1.54, 1.807) is 6.07 Å². The number of carbonyl (C=O) groups is 4. The van der Waals surface area contributed by atoms with Gasteiger partial charge < -0.3 is 33.2 Å². The van der Waals surface area contributed by atoms with E-state index in [0.717, 1.165) is 43.8 Å². The first-order chi connectivity index (χ1) is 22.9. The van der Waals surface area contributed by atoms with Crippen molar-refractivity contribution in [2.75, 3.05) is 26.1 Å². The number of carbonyl (C=O) groups excluding carboxylic acids is 4. The number of nitrogens with zero attached hydrogens (tertiary/aromatic N) is 1. The van der Waals surface area contributed by atoms with Crippen LogP contribution < -0.4 is 9.47 Å². The van der Waals surface area contributed by atoms with E-state index < -0.39 is 71.3 Å². The molecule has 0 radical (unpaired) electrons. The average molecular weight is 713 g/mol. The van der Waals surface area contributed by atoms with Gasteiger partial charge in [-0.05, 0) is 36.1 Å². The van der Waals surface area contributed by atoms with Crippen molar-refractivity contribution in [2.45, 2.75) is 97.9 Å². The van der Waals surface area contributed by atoms with Gasteiger partial charge >= 0.3 is 23.9 Å². The van der Waals surface area contributed by atoms with E-state index >= 15 is 0 Å². The van der Waals surface area contributed by atoms with Gasteiger partial charge in [0.2, 0.25) is 18.3 Å². The Kier molecular flexibility index (Phi) is 14.0. The lowest BCUT2D eigenvalue weighted by Crippen LogP contribution is -2.63. The lowest BCUT2D eigenvalue weighted by atomic mass is 9.96. The first-order valence-electron chi connectivity index (χ1n) is 15.6. The van der Waals surface area contributed by atoms with E-state index in [-0.39, 0.29) is 25.0 Å². The van der Waals surface area contributed by atoms with E-state index in [2.05, 4.69) is 10.2 Å². The molecule has 1 aromatic heterocycles. The predicted molar refractivity (Wildman–Crippen MR) is 170 cm³/mol. The van der Waals surface area contributed by atoms with Crippen molar-refractivity contribution in [3.05, 3.63) is 40.6 Å². The maximum Gasteiger partial charge on any atom is 0.303 e. The summed E-state index contributed by atoms with van der Waals surface area (Å²) in [6.07, 6.45) is -5.08. The summed E-state index contributed by atoms with van der Waals surface area (Å²) in [6.45, 7) is 10.3. The fourth-order valence-corrected chi connectivity index (χ4v) is 5.53. The number of rotatable bonds is 16. The second-order valence-electron chi connectivity index (χ2n) is 11.8. The molecule has 0 unspecified atom stereocenters. The van der Waals surface area contributed by atoms with E-state index in [9.17, 15) is 27.6 Å². The number of aromatic amines is 1. The van der Waals surface area contributed by atoms with E-state index in [1.807, 2.05) is 32.9 Å². The number of aromatic nitrogens is 2. The molecule has 2 heterocycles. The maximum atomic E-state index is 12.3. The van der Waals surface area contributed by atoms with Crippen molar-refractivity contribution < 1.29 is 64.9 Å². The van der Waals surface area contributed by atoms with Gasteiger partial charge in [0.05, 0.1) is 19.5 Å². The summed E-state index contributed by atoms with van der Waals surface area (Å²) >= 11 is 0. The van der Waals surface area contributed by atoms with Crippen LogP contribution in [-0.4, -0.2) is 99.3 Å². The molecule has 1 aliphatic heterocycles. The fraction of sp³-hybridized carbons (Fsp3) is 0.594. The molecule has 1 aromatic carbocycles. The summed E-state index contributed by atoms with van der Waals surface area (Å²) in [5, 5.41) is 7.40. The number of nitrogens with one attached hydrogen (secondary N) is 1. The quantitative estimate of drug-likeness (QED) is 0.115. The van der Waals surface area contributed by atoms with Crippen LogP contribution in [0.4, 0.5) is 0 Å². The van der Waals surface area contributed by atoms with Gasteiger partial charge in [-0.2, -0.15) is 8.42 Å². The minimum Gasteiger partial charge on any atom is -0.493 e. The van der Waals surface area contributed by atoms with Crippen molar-refractivity contribution in [1.82, 2.24) is 10.2 Å². The van der Waals surface area contributed by atoms with Crippen molar-refractivity contribution in [3.63, 3.8) is 0 Å². The molecule has 1 fully saturated rings. The lowest BCUT2D eigenvalue weighted by Gasteiger charge is -2.43. The highest BCUT2D eigenvalue weighted by atomic mass is 32.2. The van der Waals surface area contributed by atoms with Crippen molar-refractivity contribution >= 4 is 34.0 Å². The maximum absolute atomic E-state index is 12.3. The Bertz CT molecular complexity index is 1590. The van der Waals surface area contributed by atoms with Crippen LogP contribution in [0.15, 0.2) is 18.2 Å². The number of hydrogen-bond acceptors (Lipinski definition) is 15. The summed E-state index contributed by atoms with van der Waals surface area (Å²) in [7, 11) is -3.52. The Labute approximate surface area is 285 Å².